The number of Topliss-reactive ketones (excluding diaryl/α,β-unsaturated/α-hetero) is 1. The Morgan fingerprint density at radius 2 is 1.74 bits per heavy atom. The highest BCUT2D eigenvalue weighted by Crippen LogP contribution is 2.38. The van der Waals surface area contributed by atoms with Gasteiger partial charge in [-0.25, -0.2) is 9.78 Å². The van der Waals surface area contributed by atoms with Crippen LogP contribution >= 0.6 is 23.2 Å². The van der Waals surface area contributed by atoms with E-state index in [0.717, 1.165) is 16.7 Å². The van der Waals surface area contributed by atoms with E-state index in [2.05, 4.69) is 4.74 Å². The third kappa shape index (κ3) is 5.39. The van der Waals surface area contributed by atoms with E-state index in [1.54, 1.807) is 18.2 Å². The molecule has 0 radical (unpaired) electrons. The Morgan fingerprint density at radius 1 is 0.974 bits per heavy atom. The summed E-state index contributed by atoms with van der Waals surface area (Å²) in [7, 11) is 0. The molecule has 0 N–H and O–H groups in total. The summed E-state index contributed by atoms with van der Waals surface area (Å²) < 4.78 is 34.4. The van der Waals surface area contributed by atoms with Crippen molar-refractivity contribution in [2.24, 2.45) is 0 Å². The lowest BCUT2D eigenvalue weighted by atomic mass is 10.0. The zero-order chi connectivity index (χ0) is 26.8. The molecule has 5 nitrogen and oxygen atoms in total. The second-order valence-electron chi connectivity index (χ2n) is 8.58. The van der Waals surface area contributed by atoms with Crippen molar-refractivity contribution in [3.8, 4) is 5.75 Å². The second kappa shape index (κ2) is 10.9. The minimum Gasteiger partial charge on any atom is -0.454 e. The van der Waals surface area contributed by atoms with E-state index in [-0.39, 0.29) is 11.3 Å². The number of hydrogen-bond acceptors (Lipinski definition) is 5. The molecule has 4 aromatic rings. The number of allylic oxidation sites excluding steroid dienone is 1. The van der Waals surface area contributed by atoms with Gasteiger partial charge in [0.05, 0.1) is 26.8 Å². The van der Waals surface area contributed by atoms with Crippen LogP contribution in [0.25, 0.3) is 22.6 Å². The fraction of sp³-hybridized carbons (Fsp3) is 0.138. The summed E-state index contributed by atoms with van der Waals surface area (Å²) in [4.78, 5) is 30.8. The summed E-state index contributed by atoms with van der Waals surface area (Å²) in [5, 5.41) is 1.53. The van der Waals surface area contributed by atoms with Gasteiger partial charge in [0, 0.05) is 10.9 Å². The molecule has 38 heavy (non-hydrogen) atoms. The zero-order valence-electron chi connectivity index (χ0n) is 19.7. The highest BCUT2D eigenvalue weighted by Gasteiger charge is 2.28. The molecule has 1 aliphatic carbocycles. The number of rotatable bonds is 7. The number of esters is 1. The number of ketones is 1. The lowest BCUT2D eigenvalue weighted by Gasteiger charge is -2.12. The molecule has 0 fully saturated rings. The van der Waals surface area contributed by atoms with Crippen molar-refractivity contribution in [1.82, 2.24) is 4.98 Å². The molecule has 3 aromatic carbocycles. The van der Waals surface area contributed by atoms with Gasteiger partial charge in [-0.15, -0.1) is 0 Å². The highest BCUT2D eigenvalue weighted by atomic mass is 35.5. The van der Waals surface area contributed by atoms with Crippen LogP contribution in [0.3, 0.4) is 0 Å². The number of nitrogens with zero attached hydrogens (tertiary/aromatic N) is 1. The fourth-order valence-corrected chi connectivity index (χ4v) is 4.73. The number of alkyl halides is 2. The normalized spacial score (nSPS) is 13.7. The minimum absolute atomic E-state index is 0.0721. The molecule has 192 valence electrons. The van der Waals surface area contributed by atoms with Crippen molar-refractivity contribution in [3.63, 3.8) is 0 Å². The number of pyridine rings is 1. The Bertz CT molecular complexity index is 1590. The van der Waals surface area contributed by atoms with E-state index in [1.807, 2.05) is 30.3 Å². The van der Waals surface area contributed by atoms with E-state index in [9.17, 15) is 18.4 Å². The molecule has 0 aliphatic heterocycles. The number of benzene rings is 3. The number of hydrogen-bond donors (Lipinski definition) is 0. The number of carbonyl (C=O) groups is 2. The first kappa shape index (κ1) is 25.8. The second-order valence-corrected chi connectivity index (χ2v) is 9.39. The quantitative estimate of drug-likeness (QED) is 0.173. The van der Waals surface area contributed by atoms with Crippen LogP contribution in [0.1, 0.15) is 44.0 Å². The molecule has 0 saturated heterocycles. The largest absolute Gasteiger partial charge is 0.454 e. The topological polar surface area (TPSA) is 65.5 Å². The van der Waals surface area contributed by atoms with Crippen molar-refractivity contribution in [2.45, 2.75) is 19.5 Å². The maximum atomic E-state index is 13.3. The summed E-state index contributed by atoms with van der Waals surface area (Å²) >= 11 is 12.2. The highest BCUT2D eigenvalue weighted by molar-refractivity contribution is 6.42. The molecule has 5 rings (SSSR count). The predicted octanol–water partition coefficient (Wildman–Crippen LogP) is 7.67. The van der Waals surface area contributed by atoms with Gasteiger partial charge in [-0.3, -0.25) is 4.79 Å². The first-order valence-corrected chi connectivity index (χ1v) is 12.4. The van der Waals surface area contributed by atoms with Crippen molar-refractivity contribution >= 4 is 57.5 Å². The summed E-state index contributed by atoms with van der Waals surface area (Å²) in [6.07, 6.45) is 3.20. The lowest BCUT2D eigenvalue weighted by Crippen LogP contribution is -2.16. The molecule has 1 heterocycles. The molecule has 0 saturated carbocycles. The van der Waals surface area contributed by atoms with Crippen LogP contribution < -0.4 is 4.74 Å². The third-order valence-electron chi connectivity index (χ3n) is 6.17. The van der Waals surface area contributed by atoms with Crippen molar-refractivity contribution < 1.29 is 27.8 Å². The molecule has 0 unspecified atom stereocenters. The van der Waals surface area contributed by atoms with Crippen LogP contribution in [-0.4, -0.2) is 30.0 Å². The Hall–Kier alpha value is -3.81. The third-order valence-corrected chi connectivity index (χ3v) is 6.91. The first-order valence-electron chi connectivity index (χ1n) is 11.6. The number of ether oxygens (including phenoxy) is 2. The van der Waals surface area contributed by atoms with Crippen molar-refractivity contribution in [3.05, 3.63) is 105 Å². The Kier molecular flexibility index (Phi) is 7.40. The van der Waals surface area contributed by atoms with E-state index >= 15 is 0 Å². The molecular weight excluding hydrogens is 535 g/mol. The molecule has 1 aromatic heterocycles. The molecule has 0 bridgehead atoms. The van der Waals surface area contributed by atoms with Gasteiger partial charge in [-0.05, 0) is 78.1 Å². The van der Waals surface area contributed by atoms with Crippen LogP contribution in [0.15, 0.2) is 66.7 Å². The van der Waals surface area contributed by atoms with Gasteiger partial charge in [-0.2, -0.15) is 8.78 Å². The Morgan fingerprint density at radius 3 is 2.47 bits per heavy atom. The van der Waals surface area contributed by atoms with E-state index in [4.69, 9.17) is 32.9 Å². The standard InChI is InChI=1S/C29H19Cl2F2NO4/c30-22-12-5-16(14-23(22)31)13-18-8-11-21-26(20-3-1-2-4-24(20)34-27(18)21)28(36)37-15-25(35)17-6-9-19(10-7-17)38-29(32)33/h1-7,9-10,12-14,29H,8,11,15H2. The van der Waals surface area contributed by atoms with E-state index < -0.39 is 25.0 Å². The van der Waals surface area contributed by atoms with Gasteiger partial charge in [0.1, 0.15) is 5.75 Å². The summed E-state index contributed by atoms with van der Waals surface area (Å²) in [6.45, 7) is -3.47. The van der Waals surface area contributed by atoms with Crippen LogP contribution in [-0.2, 0) is 11.2 Å². The number of fused-ring (bicyclic) bond motifs is 2. The van der Waals surface area contributed by atoms with E-state index in [0.29, 0.717) is 45.0 Å². The molecule has 1 aliphatic rings. The zero-order valence-corrected chi connectivity index (χ0v) is 21.2. The lowest BCUT2D eigenvalue weighted by molar-refractivity contribution is -0.0498. The maximum absolute atomic E-state index is 13.3. The molecule has 0 amide bonds. The number of aromatic nitrogens is 1. The van der Waals surface area contributed by atoms with Gasteiger partial charge in [0.25, 0.3) is 0 Å². The Balaban J connectivity index is 1.42. The van der Waals surface area contributed by atoms with Gasteiger partial charge in [0.2, 0.25) is 0 Å². The number of halogens is 4. The summed E-state index contributed by atoms with van der Waals surface area (Å²) in [5.41, 5.74) is 4.45. The van der Waals surface area contributed by atoms with Crippen molar-refractivity contribution in [1.29, 1.82) is 0 Å². The Labute approximate surface area is 226 Å². The number of carbonyl (C=O) groups excluding carboxylic acids is 2. The van der Waals surface area contributed by atoms with Crippen LogP contribution in [0.4, 0.5) is 8.78 Å². The predicted molar refractivity (Wildman–Crippen MR) is 142 cm³/mol. The van der Waals surface area contributed by atoms with Crippen molar-refractivity contribution in [2.75, 3.05) is 6.61 Å². The van der Waals surface area contributed by atoms with Gasteiger partial charge >= 0.3 is 12.6 Å². The first-order chi connectivity index (χ1) is 18.3. The van der Waals surface area contributed by atoms with Crippen LogP contribution in [0.5, 0.6) is 5.75 Å². The molecule has 9 heteroatoms. The monoisotopic (exact) mass is 553 g/mol. The molecular formula is C29H19Cl2F2NO4. The van der Waals surface area contributed by atoms with Gasteiger partial charge < -0.3 is 9.47 Å². The summed E-state index contributed by atoms with van der Waals surface area (Å²) in [5.74, 6) is -1.18. The van der Waals surface area contributed by atoms with E-state index in [1.165, 1.54) is 24.3 Å². The number of para-hydroxylation sites is 1. The summed E-state index contributed by atoms with van der Waals surface area (Å²) in [6, 6.07) is 17.8. The SMILES string of the molecule is O=C(COC(=O)c1c2c(nc3ccccc13)C(=Cc1ccc(Cl)c(Cl)c1)CC2)c1ccc(OC(F)F)cc1. The fourth-order valence-electron chi connectivity index (χ4n) is 4.42. The average molecular weight is 554 g/mol. The van der Waals surface area contributed by atoms with Crippen LogP contribution in [0.2, 0.25) is 10.0 Å². The molecule has 0 spiro atoms. The van der Waals surface area contributed by atoms with Crippen LogP contribution in [0, 0.1) is 0 Å². The smallest absolute Gasteiger partial charge is 0.387 e. The average Bonchev–Trinajstić information content (AvgIpc) is 3.29. The molecule has 0 atom stereocenters. The maximum Gasteiger partial charge on any atom is 0.387 e. The van der Waals surface area contributed by atoms with Gasteiger partial charge in [-0.1, -0.05) is 47.5 Å². The minimum atomic E-state index is -2.96. The van der Waals surface area contributed by atoms with Gasteiger partial charge in [0.15, 0.2) is 12.4 Å².